The lowest BCUT2D eigenvalue weighted by atomic mass is 9.98. The number of hydrogen-bond donors (Lipinski definition) is 1. The summed E-state index contributed by atoms with van der Waals surface area (Å²) in [6.07, 6.45) is 4.02. The third-order valence-corrected chi connectivity index (χ3v) is 8.68. The van der Waals surface area contributed by atoms with Gasteiger partial charge in [-0.1, -0.05) is 6.92 Å². The predicted octanol–water partition coefficient (Wildman–Crippen LogP) is 1.99. The zero-order chi connectivity index (χ0) is 17.8. The third-order valence-electron chi connectivity index (χ3n) is 5.31. The van der Waals surface area contributed by atoms with Crippen LogP contribution in [-0.2, 0) is 14.6 Å². The van der Waals surface area contributed by atoms with E-state index in [1.54, 1.807) is 0 Å². The fourth-order valence-corrected chi connectivity index (χ4v) is 7.10. The van der Waals surface area contributed by atoms with E-state index in [-0.39, 0.29) is 29.9 Å². The number of sulfone groups is 1. The highest BCUT2D eigenvalue weighted by Gasteiger charge is 2.38. The average Bonchev–Trinajstić information content (AvgIpc) is 2.95. The van der Waals surface area contributed by atoms with Crippen molar-refractivity contribution in [2.75, 3.05) is 56.7 Å². The number of nitrogens with one attached hydrogen (secondary N) is 1. The number of aliphatic imine (C=N–C) groups is 1. The van der Waals surface area contributed by atoms with Crippen molar-refractivity contribution in [3.8, 4) is 0 Å². The smallest absolute Gasteiger partial charge is 0.194 e. The average molecular weight is 517 g/mol. The van der Waals surface area contributed by atoms with E-state index in [1.165, 1.54) is 0 Å². The number of rotatable bonds is 4. The molecule has 0 saturated carbocycles. The van der Waals surface area contributed by atoms with Crippen LogP contribution in [0.5, 0.6) is 0 Å². The van der Waals surface area contributed by atoms with Crippen LogP contribution >= 0.6 is 35.7 Å². The van der Waals surface area contributed by atoms with Gasteiger partial charge in [0.1, 0.15) is 0 Å². The first-order valence-corrected chi connectivity index (χ1v) is 12.3. The summed E-state index contributed by atoms with van der Waals surface area (Å²) in [6.45, 7) is 7.41. The molecule has 0 aliphatic carbocycles. The fraction of sp³-hybridized carbons (Fsp3) is 0.941. The normalized spacial score (nSPS) is 28.0. The molecule has 0 radical (unpaired) electrons. The summed E-state index contributed by atoms with van der Waals surface area (Å²) in [5.74, 6) is 2.89. The van der Waals surface area contributed by atoms with Crippen LogP contribution in [0.15, 0.2) is 4.99 Å². The summed E-state index contributed by atoms with van der Waals surface area (Å²) in [5, 5.41) is 3.49. The van der Waals surface area contributed by atoms with Crippen molar-refractivity contribution in [2.24, 2.45) is 10.9 Å². The molecular weight excluding hydrogens is 485 g/mol. The van der Waals surface area contributed by atoms with Crippen molar-refractivity contribution >= 4 is 51.5 Å². The van der Waals surface area contributed by atoms with Gasteiger partial charge in [0.2, 0.25) is 0 Å². The zero-order valence-corrected chi connectivity index (χ0v) is 19.6. The molecule has 1 unspecified atom stereocenters. The van der Waals surface area contributed by atoms with Crippen molar-refractivity contribution in [2.45, 2.75) is 37.4 Å². The fourth-order valence-electron chi connectivity index (χ4n) is 3.81. The summed E-state index contributed by atoms with van der Waals surface area (Å²) in [5.41, 5.74) is 0. The number of halogens is 1. The van der Waals surface area contributed by atoms with Gasteiger partial charge < -0.3 is 15.0 Å². The van der Waals surface area contributed by atoms with Crippen LogP contribution in [0.25, 0.3) is 0 Å². The molecule has 3 heterocycles. The molecule has 0 aromatic rings. The van der Waals surface area contributed by atoms with Gasteiger partial charge >= 0.3 is 0 Å². The molecule has 152 valence electrons. The standard InChI is InChI=1S/C17H31N3O3S2.HI/c1-2-6-18-16(19-12-15-3-11-25(21,22)13-15)20-7-10-24-17(14-20)4-8-23-9-5-17;/h15H,2-14H2,1H3,(H,18,19);1H. The number of thioether (sulfide) groups is 1. The lowest BCUT2D eigenvalue weighted by molar-refractivity contribution is 0.0699. The van der Waals surface area contributed by atoms with Gasteiger partial charge in [-0.05, 0) is 31.6 Å². The molecule has 3 aliphatic heterocycles. The lowest BCUT2D eigenvalue weighted by Crippen LogP contribution is -2.54. The zero-order valence-electron chi connectivity index (χ0n) is 15.6. The van der Waals surface area contributed by atoms with Crippen LogP contribution in [0.4, 0.5) is 0 Å². The van der Waals surface area contributed by atoms with Gasteiger partial charge in [0.15, 0.2) is 15.8 Å². The van der Waals surface area contributed by atoms with E-state index in [0.717, 1.165) is 70.2 Å². The molecule has 1 spiro atoms. The SMILES string of the molecule is CCCNC(=NCC1CCS(=O)(=O)C1)N1CCSC2(CCOCC2)C1.I. The van der Waals surface area contributed by atoms with E-state index in [4.69, 9.17) is 9.73 Å². The Hall–Kier alpha value is 0.260. The van der Waals surface area contributed by atoms with Crippen LogP contribution in [-0.4, -0.2) is 80.7 Å². The first-order chi connectivity index (χ1) is 12.0. The Kier molecular flexibility index (Phi) is 8.81. The Balaban J connectivity index is 0.00000243. The summed E-state index contributed by atoms with van der Waals surface area (Å²) in [7, 11) is -2.83. The maximum absolute atomic E-state index is 11.7. The molecule has 9 heteroatoms. The van der Waals surface area contributed by atoms with E-state index in [9.17, 15) is 8.42 Å². The first-order valence-electron chi connectivity index (χ1n) is 9.47. The monoisotopic (exact) mass is 517 g/mol. The van der Waals surface area contributed by atoms with Crippen molar-refractivity contribution < 1.29 is 13.2 Å². The Bertz CT molecular complexity index is 574. The highest BCUT2D eigenvalue weighted by molar-refractivity contribution is 14.0. The van der Waals surface area contributed by atoms with Crippen molar-refractivity contribution in [3.05, 3.63) is 0 Å². The van der Waals surface area contributed by atoms with Crippen LogP contribution in [0, 0.1) is 5.92 Å². The maximum atomic E-state index is 11.7. The van der Waals surface area contributed by atoms with Crippen LogP contribution in [0.1, 0.15) is 32.6 Å². The van der Waals surface area contributed by atoms with Crippen LogP contribution in [0.3, 0.4) is 0 Å². The molecule has 6 nitrogen and oxygen atoms in total. The van der Waals surface area contributed by atoms with Gasteiger partial charge in [-0.3, -0.25) is 4.99 Å². The molecule has 0 aromatic heterocycles. The van der Waals surface area contributed by atoms with Gasteiger partial charge in [0.05, 0.1) is 11.5 Å². The number of ether oxygens (including phenoxy) is 1. The second kappa shape index (κ2) is 10.2. The molecule has 3 aliphatic rings. The quantitative estimate of drug-likeness (QED) is 0.350. The van der Waals surface area contributed by atoms with Gasteiger partial charge in [0.25, 0.3) is 0 Å². The van der Waals surface area contributed by atoms with Gasteiger partial charge in [-0.25, -0.2) is 8.42 Å². The van der Waals surface area contributed by atoms with Gasteiger partial charge in [-0.15, -0.1) is 24.0 Å². The van der Waals surface area contributed by atoms with E-state index >= 15 is 0 Å². The largest absolute Gasteiger partial charge is 0.381 e. The second-order valence-electron chi connectivity index (χ2n) is 7.43. The van der Waals surface area contributed by atoms with E-state index in [2.05, 4.69) is 28.9 Å². The number of guanidine groups is 1. The molecule has 3 rings (SSSR count). The Morgan fingerprint density at radius 2 is 2.15 bits per heavy atom. The molecular formula is C17H32IN3O3S2. The highest BCUT2D eigenvalue weighted by Crippen LogP contribution is 2.39. The topological polar surface area (TPSA) is 71.0 Å². The van der Waals surface area contributed by atoms with Gasteiger partial charge in [0, 0.05) is 49.9 Å². The van der Waals surface area contributed by atoms with E-state index in [0.29, 0.717) is 22.8 Å². The summed E-state index contributed by atoms with van der Waals surface area (Å²) in [6, 6.07) is 0. The van der Waals surface area contributed by atoms with Crippen LogP contribution < -0.4 is 5.32 Å². The van der Waals surface area contributed by atoms with Crippen molar-refractivity contribution in [1.82, 2.24) is 10.2 Å². The maximum Gasteiger partial charge on any atom is 0.194 e. The molecule has 3 saturated heterocycles. The minimum atomic E-state index is -2.83. The Labute approximate surface area is 179 Å². The van der Waals surface area contributed by atoms with Crippen LogP contribution in [0.2, 0.25) is 0 Å². The molecule has 1 N–H and O–H groups in total. The molecule has 26 heavy (non-hydrogen) atoms. The highest BCUT2D eigenvalue weighted by atomic mass is 127. The minimum absolute atomic E-state index is 0. The minimum Gasteiger partial charge on any atom is -0.381 e. The predicted molar refractivity (Wildman–Crippen MR) is 120 cm³/mol. The number of nitrogens with zero attached hydrogens (tertiary/aromatic N) is 2. The molecule has 0 bridgehead atoms. The van der Waals surface area contributed by atoms with E-state index < -0.39 is 9.84 Å². The summed E-state index contributed by atoms with van der Waals surface area (Å²) < 4.78 is 29.2. The van der Waals surface area contributed by atoms with Gasteiger partial charge in [-0.2, -0.15) is 11.8 Å². The summed E-state index contributed by atoms with van der Waals surface area (Å²) in [4.78, 5) is 7.23. The summed E-state index contributed by atoms with van der Waals surface area (Å²) >= 11 is 2.09. The van der Waals surface area contributed by atoms with Crippen molar-refractivity contribution in [3.63, 3.8) is 0 Å². The first kappa shape index (κ1) is 22.5. The molecule has 1 atom stereocenters. The molecule has 0 aromatic carbocycles. The molecule has 3 fully saturated rings. The van der Waals surface area contributed by atoms with E-state index in [1.807, 2.05) is 0 Å². The third kappa shape index (κ3) is 6.13. The Morgan fingerprint density at radius 1 is 1.38 bits per heavy atom. The lowest BCUT2D eigenvalue weighted by Gasteiger charge is -2.45. The molecule has 0 amide bonds. The van der Waals surface area contributed by atoms with Crippen molar-refractivity contribution in [1.29, 1.82) is 0 Å². The second-order valence-corrected chi connectivity index (χ2v) is 11.2. The Morgan fingerprint density at radius 3 is 2.81 bits per heavy atom. The number of hydrogen-bond acceptors (Lipinski definition) is 5.